The van der Waals surface area contributed by atoms with E-state index in [1.165, 1.54) is 5.56 Å². The number of amides is 2. The van der Waals surface area contributed by atoms with Crippen LogP contribution in [0.25, 0.3) is 10.9 Å². The zero-order valence-corrected chi connectivity index (χ0v) is 15.5. The fourth-order valence-corrected chi connectivity index (χ4v) is 4.66. The van der Waals surface area contributed by atoms with Gasteiger partial charge < -0.3 is 9.88 Å². The van der Waals surface area contributed by atoms with E-state index in [0.29, 0.717) is 6.42 Å². The van der Waals surface area contributed by atoms with Gasteiger partial charge in [-0.05, 0) is 30.0 Å². The molecule has 3 N–H and O–H groups in total. The van der Waals surface area contributed by atoms with Crippen LogP contribution in [0.2, 0.25) is 0 Å². The summed E-state index contributed by atoms with van der Waals surface area (Å²) < 4.78 is 0. The Labute approximate surface area is 162 Å². The van der Waals surface area contributed by atoms with Crippen molar-refractivity contribution in [3.8, 4) is 0 Å². The molecule has 2 aromatic carbocycles. The lowest BCUT2D eigenvalue weighted by molar-refractivity contribution is -0.160. The summed E-state index contributed by atoms with van der Waals surface area (Å²) in [6.45, 7) is -0.0628. The number of para-hydroxylation sites is 1. The third-order valence-electron chi connectivity index (χ3n) is 5.96. The van der Waals surface area contributed by atoms with Crippen LogP contribution < -0.4 is 5.84 Å². The largest absolute Gasteiger partial charge is 0.356 e. The highest BCUT2D eigenvalue weighted by Gasteiger charge is 2.46. The average Bonchev–Trinajstić information content (AvgIpc) is 3.09. The van der Waals surface area contributed by atoms with Gasteiger partial charge in [0.2, 0.25) is 5.91 Å². The SMILES string of the molecule is NN1CC(=O)N2[C@@H](Cc3c([nH]c4ccccc34)[C@@H]2CCc2ccccc2)C1=O. The number of hydrogen-bond acceptors (Lipinski definition) is 3. The van der Waals surface area contributed by atoms with Crippen molar-refractivity contribution in [1.29, 1.82) is 0 Å². The summed E-state index contributed by atoms with van der Waals surface area (Å²) in [6, 6.07) is 17.7. The second kappa shape index (κ2) is 6.49. The van der Waals surface area contributed by atoms with E-state index in [2.05, 4.69) is 23.2 Å². The second-order valence-electron chi connectivity index (χ2n) is 7.59. The molecule has 5 rings (SSSR count). The van der Waals surface area contributed by atoms with Gasteiger partial charge in [-0.3, -0.25) is 14.6 Å². The number of hydrogen-bond donors (Lipinski definition) is 2. The number of aryl methyl sites for hydroxylation is 1. The minimum absolute atomic E-state index is 0.0628. The van der Waals surface area contributed by atoms with Crippen LogP contribution in [0.5, 0.6) is 0 Å². The van der Waals surface area contributed by atoms with Gasteiger partial charge >= 0.3 is 0 Å². The number of piperazine rings is 1. The second-order valence-corrected chi connectivity index (χ2v) is 7.59. The third-order valence-corrected chi connectivity index (χ3v) is 5.96. The third kappa shape index (κ3) is 2.60. The summed E-state index contributed by atoms with van der Waals surface area (Å²) in [4.78, 5) is 31.0. The van der Waals surface area contributed by atoms with Crippen LogP contribution in [0.1, 0.15) is 29.3 Å². The highest BCUT2D eigenvalue weighted by atomic mass is 16.2. The van der Waals surface area contributed by atoms with Crippen LogP contribution in [0.15, 0.2) is 54.6 Å². The number of fused-ring (bicyclic) bond motifs is 4. The van der Waals surface area contributed by atoms with Crippen LogP contribution >= 0.6 is 0 Å². The van der Waals surface area contributed by atoms with Gasteiger partial charge in [0.15, 0.2) is 0 Å². The van der Waals surface area contributed by atoms with E-state index in [0.717, 1.165) is 40.0 Å². The number of aromatic amines is 1. The van der Waals surface area contributed by atoms with Crippen molar-refractivity contribution in [2.24, 2.45) is 5.84 Å². The van der Waals surface area contributed by atoms with E-state index in [1.807, 2.05) is 36.4 Å². The maximum absolute atomic E-state index is 12.9. The number of aromatic nitrogens is 1. The number of nitrogens with two attached hydrogens (primary N) is 1. The predicted molar refractivity (Wildman–Crippen MR) is 106 cm³/mol. The number of hydrazine groups is 1. The molecular formula is C22H22N4O2. The van der Waals surface area contributed by atoms with Gasteiger partial charge in [-0.25, -0.2) is 5.84 Å². The number of nitrogens with one attached hydrogen (secondary N) is 1. The number of nitrogens with zero attached hydrogens (tertiary/aromatic N) is 2. The number of carbonyl (C=O) groups excluding carboxylic acids is 2. The molecule has 2 aliphatic rings. The Balaban J connectivity index is 1.59. The van der Waals surface area contributed by atoms with Gasteiger partial charge in [-0.1, -0.05) is 48.5 Å². The molecule has 3 heterocycles. The number of benzene rings is 2. The number of carbonyl (C=O) groups is 2. The molecule has 1 aromatic heterocycles. The average molecular weight is 374 g/mol. The Morgan fingerprint density at radius 3 is 2.61 bits per heavy atom. The zero-order chi connectivity index (χ0) is 19.3. The van der Waals surface area contributed by atoms with Gasteiger partial charge in [-0.15, -0.1) is 0 Å². The molecule has 0 spiro atoms. The molecule has 0 bridgehead atoms. The first-order valence-electron chi connectivity index (χ1n) is 9.64. The topological polar surface area (TPSA) is 82.4 Å². The smallest absolute Gasteiger partial charge is 0.260 e. The van der Waals surface area contributed by atoms with E-state index >= 15 is 0 Å². The molecule has 1 fully saturated rings. The zero-order valence-electron chi connectivity index (χ0n) is 15.5. The van der Waals surface area contributed by atoms with E-state index < -0.39 is 6.04 Å². The van der Waals surface area contributed by atoms with Gasteiger partial charge in [0.05, 0.1) is 6.04 Å². The molecule has 2 aliphatic heterocycles. The lowest BCUT2D eigenvalue weighted by atomic mass is 9.87. The Morgan fingerprint density at radius 2 is 1.79 bits per heavy atom. The summed E-state index contributed by atoms with van der Waals surface area (Å²) >= 11 is 0. The van der Waals surface area contributed by atoms with E-state index in [4.69, 9.17) is 5.84 Å². The molecule has 0 radical (unpaired) electrons. The predicted octanol–water partition coefficient (Wildman–Crippen LogP) is 2.31. The Bertz CT molecular complexity index is 1060. The van der Waals surface area contributed by atoms with Crippen molar-refractivity contribution < 1.29 is 9.59 Å². The maximum atomic E-state index is 12.9. The van der Waals surface area contributed by atoms with Gasteiger partial charge in [0.1, 0.15) is 12.6 Å². The van der Waals surface area contributed by atoms with Crippen molar-refractivity contribution in [1.82, 2.24) is 14.9 Å². The van der Waals surface area contributed by atoms with Gasteiger partial charge in [0.25, 0.3) is 5.91 Å². The maximum Gasteiger partial charge on any atom is 0.260 e. The molecule has 142 valence electrons. The normalized spacial score (nSPS) is 21.8. The van der Waals surface area contributed by atoms with Gasteiger partial charge in [0, 0.05) is 23.0 Å². The van der Waals surface area contributed by atoms with E-state index in [9.17, 15) is 9.59 Å². The molecule has 2 atom stereocenters. The summed E-state index contributed by atoms with van der Waals surface area (Å²) in [5.74, 6) is 5.55. The van der Waals surface area contributed by atoms with Crippen molar-refractivity contribution >= 4 is 22.7 Å². The standard InChI is InChI=1S/C22H22N4O2/c23-25-13-20(27)26-18(11-10-14-6-2-1-3-7-14)21-16(12-19(26)22(25)28)15-8-4-5-9-17(15)24-21/h1-9,18-19,24H,10-13,23H2/t18-,19-/m0/s1. The van der Waals surface area contributed by atoms with Gasteiger partial charge in [-0.2, -0.15) is 0 Å². The van der Waals surface area contributed by atoms with E-state index in [-0.39, 0.29) is 24.4 Å². The molecule has 6 heteroatoms. The molecule has 3 aromatic rings. The molecule has 28 heavy (non-hydrogen) atoms. The molecule has 0 aliphatic carbocycles. The number of H-pyrrole nitrogens is 1. The van der Waals surface area contributed by atoms with Crippen molar-refractivity contribution in [2.75, 3.05) is 6.54 Å². The van der Waals surface area contributed by atoms with Crippen molar-refractivity contribution in [3.63, 3.8) is 0 Å². The highest BCUT2D eigenvalue weighted by Crippen LogP contribution is 2.40. The van der Waals surface area contributed by atoms with E-state index in [1.54, 1.807) is 4.90 Å². The fraction of sp³-hybridized carbons (Fsp3) is 0.273. The molecule has 2 amide bonds. The van der Waals surface area contributed by atoms with Crippen LogP contribution in [0.4, 0.5) is 0 Å². The summed E-state index contributed by atoms with van der Waals surface area (Å²) in [7, 11) is 0. The van der Waals surface area contributed by atoms with Crippen molar-refractivity contribution in [2.45, 2.75) is 31.3 Å². The molecule has 6 nitrogen and oxygen atoms in total. The van der Waals surface area contributed by atoms with Crippen LogP contribution in [-0.4, -0.2) is 39.3 Å². The molecule has 0 unspecified atom stereocenters. The Hall–Kier alpha value is -3.12. The molecular weight excluding hydrogens is 352 g/mol. The lowest BCUT2D eigenvalue weighted by Gasteiger charge is -2.46. The van der Waals surface area contributed by atoms with Crippen molar-refractivity contribution in [3.05, 3.63) is 71.4 Å². The fourth-order valence-electron chi connectivity index (χ4n) is 4.66. The quantitative estimate of drug-likeness (QED) is 0.545. The first-order chi connectivity index (χ1) is 13.6. The van der Waals surface area contributed by atoms with Crippen LogP contribution in [-0.2, 0) is 22.4 Å². The lowest BCUT2D eigenvalue weighted by Crippen LogP contribution is -2.64. The molecule has 1 saturated heterocycles. The minimum atomic E-state index is -0.529. The first-order valence-corrected chi connectivity index (χ1v) is 9.64. The monoisotopic (exact) mass is 374 g/mol. The van der Waals surface area contributed by atoms with Crippen LogP contribution in [0.3, 0.4) is 0 Å². The minimum Gasteiger partial charge on any atom is -0.356 e. The first kappa shape index (κ1) is 17.0. The Kier molecular flexibility index (Phi) is 3.94. The summed E-state index contributed by atoms with van der Waals surface area (Å²) in [5.41, 5.74) is 4.45. The number of rotatable bonds is 3. The summed E-state index contributed by atoms with van der Waals surface area (Å²) in [5, 5.41) is 2.19. The molecule has 0 saturated carbocycles. The highest BCUT2D eigenvalue weighted by molar-refractivity contribution is 5.97. The Morgan fingerprint density at radius 1 is 1.04 bits per heavy atom. The summed E-state index contributed by atoms with van der Waals surface area (Å²) in [6.07, 6.45) is 2.08. The van der Waals surface area contributed by atoms with Crippen LogP contribution in [0, 0.1) is 0 Å².